The zero-order chi connectivity index (χ0) is 14.1. The van der Waals surface area contributed by atoms with Gasteiger partial charge in [-0.05, 0) is 55.9 Å². The Bertz CT molecular complexity index is 597. The number of aliphatic hydroxyl groups is 1. The molecule has 2 unspecified atom stereocenters. The van der Waals surface area contributed by atoms with E-state index in [1.807, 2.05) is 30.0 Å². The molecular formula is C17H19NO2. The highest BCUT2D eigenvalue weighted by atomic mass is 16.2. The fourth-order valence-corrected chi connectivity index (χ4v) is 3.46. The van der Waals surface area contributed by atoms with Gasteiger partial charge in [-0.1, -0.05) is 11.8 Å². The van der Waals surface area contributed by atoms with Gasteiger partial charge in [0.1, 0.15) is 6.61 Å². The molecular weight excluding hydrogens is 250 g/mol. The van der Waals surface area contributed by atoms with E-state index in [1.165, 1.54) is 12.8 Å². The van der Waals surface area contributed by atoms with Crippen LogP contribution in [0.3, 0.4) is 0 Å². The van der Waals surface area contributed by atoms with Crippen LogP contribution in [0.1, 0.15) is 40.7 Å². The second-order valence-electron chi connectivity index (χ2n) is 5.84. The second-order valence-corrected chi connectivity index (χ2v) is 5.84. The fourth-order valence-electron chi connectivity index (χ4n) is 3.46. The van der Waals surface area contributed by atoms with E-state index in [-0.39, 0.29) is 12.5 Å². The fraction of sp³-hybridized carbons (Fsp3) is 0.471. The van der Waals surface area contributed by atoms with E-state index in [9.17, 15) is 4.79 Å². The van der Waals surface area contributed by atoms with Crippen LogP contribution in [0.5, 0.6) is 0 Å². The number of hydrogen-bond acceptors (Lipinski definition) is 2. The molecule has 2 bridgehead atoms. The topological polar surface area (TPSA) is 40.5 Å². The number of carbonyl (C=O) groups is 1. The van der Waals surface area contributed by atoms with Gasteiger partial charge in [-0.25, -0.2) is 0 Å². The molecule has 1 saturated carbocycles. The molecule has 2 atom stereocenters. The molecule has 1 aromatic rings. The number of fused-ring (bicyclic) bond motifs is 2. The summed E-state index contributed by atoms with van der Waals surface area (Å²) in [7, 11) is 0. The molecule has 3 nitrogen and oxygen atoms in total. The molecule has 1 aromatic carbocycles. The summed E-state index contributed by atoms with van der Waals surface area (Å²) in [5.41, 5.74) is 2.55. The lowest BCUT2D eigenvalue weighted by molar-refractivity contribution is 0.0703. The van der Waals surface area contributed by atoms with E-state index in [0.717, 1.165) is 29.7 Å². The maximum atomic E-state index is 12.6. The van der Waals surface area contributed by atoms with Gasteiger partial charge in [-0.3, -0.25) is 4.79 Å². The van der Waals surface area contributed by atoms with Crippen LogP contribution in [-0.2, 0) is 0 Å². The van der Waals surface area contributed by atoms with Crippen LogP contribution in [0.25, 0.3) is 0 Å². The molecule has 1 N–H and O–H groups in total. The lowest BCUT2D eigenvalue weighted by Gasteiger charge is -2.27. The number of amides is 1. The van der Waals surface area contributed by atoms with Crippen LogP contribution in [0.15, 0.2) is 18.2 Å². The molecule has 0 aromatic heterocycles. The zero-order valence-electron chi connectivity index (χ0n) is 11.7. The van der Waals surface area contributed by atoms with E-state index >= 15 is 0 Å². The summed E-state index contributed by atoms with van der Waals surface area (Å²) in [5, 5.41) is 8.77. The van der Waals surface area contributed by atoms with Crippen molar-refractivity contribution < 1.29 is 9.90 Å². The molecule has 1 amide bonds. The first-order chi connectivity index (χ1) is 9.67. The highest BCUT2D eigenvalue weighted by Crippen LogP contribution is 2.38. The number of aryl methyl sites for hydroxylation is 1. The normalized spacial score (nSPS) is 23.6. The lowest BCUT2D eigenvalue weighted by atomic mass is 10.0. The molecule has 1 saturated heterocycles. The largest absolute Gasteiger partial charge is 0.384 e. The van der Waals surface area contributed by atoms with Gasteiger partial charge in [0.2, 0.25) is 0 Å². The monoisotopic (exact) mass is 269 g/mol. The summed E-state index contributed by atoms with van der Waals surface area (Å²) in [6, 6.07) is 6.15. The van der Waals surface area contributed by atoms with Crippen molar-refractivity contribution in [3.05, 3.63) is 34.9 Å². The minimum atomic E-state index is -0.160. The van der Waals surface area contributed by atoms with Crippen LogP contribution >= 0.6 is 0 Å². The Hall–Kier alpha value is -1.79. The smallest absolute Gasteiger partial charge is 0.254 e. The summed E-state index contributed by atoms with van der Waals surface area (Å²) in [6.45, 7) is 2.72. The number of piperidine rings is 1. The first kappa shape index (κ1) is 13.2. The van der Waals surface area contributed by atoms with Gasteiger partial charge in [0.25, 0.3) is 5.91 Å². The van der Waals surface area contributed by atoms with Crippen LogP contribution < -0.4 is 0 Å². The van der Waals surface area contributed by atoms with Gasteiger partial charge in [0, 0.05) is 23.7 Å². The zero-order valence-corrected chi connectivity index (χ0v) is 11.7. The Kier molecular flexibility index (Phi) is 3.50. The van der Waals surface area contributed by atoms with Gasteiger partial charge in [0.15, 0.2) is 0 Å². The predicted octanol–water partition coefficient (Wildman–Crippen LogP) is 1.96. The highest BCUT2D eigenvalue weighted by molar-refractivity contribution is 5.95. The van der Waals surface area contributed by atoms with Crippen molar-refractivity contribution in [1.29, 1.82) is 0 Å². The van der Waals surface area contributed by atoms with E-state index < -0.39 is 0 Å². The number of nitrogens with zero attached hydrogens (tertiary/aromatic N) is 1. The third-order valence-electron chi connectivity index (χ3n) is 4.31. The van der Waals surface area contributed by atoms with Gasteiger partial charge in [0.05, 0.1) is 0 Å². The van der Waals surface area contributed by atoms with Crippen molar-refractivity contribution in [1.82, 2.24) is 4.90 Å². The van der Waals surface area contributed by atoms with Crippen LogP contribution in [0.4, 0.5) is 0 Å². The molecule has 2 fully saturated rings. The van der Waals surface area contributed by atoms with Crippen LogP contribution in [0.2, 0.25) is 0 Å². The molecule has 1 heterocycles. The first-order valence-electron chi connectivity index (χ1n) is 7.20. The summed E-state index contributed by atoms with van der Waals surface area (Å²) in [5.74, 6) is 6.36. The van der Waals surface area contributed by atoms with Crippen molar-refractivity contribution >= 4 is 5.91 Å². The van der Waals surface area contributed by atoms with Gasteiger partial charge < -0.3 is 10.0 Å². The summed E-state index contributed by atoms with van der Waals surface area (Å²) in [4.78, 5) is 14.7. The SMILES string of the molecule is Cc1cc(C#CCO)cc(C(=O)N2CC3CCC2C3)c1. The Balaban J connectivity index is 1.86. The maximum Gasteiger partial charge on any atom is 0.254 e. The summed E-state index contributed by atoms with van der Waals surface area (Å²) in [6.07, 6.45) is 3.60. The Morgan fingerprint density at radius 2 is 2.25 bits per heavy atom. The Morgan fingerprint density at radius 3 is 2.90 bits per heavy atom. The number of hydrogen-bond donors (Lipinski definition) is 1. The third kappa shape index (κ3) is 2.44. The van der Waals surface area contributed by atoms with E-state index in [0.29, 0.717) is 12.0 Å². The predicted molar refractivity (Wildman–Crippen MR) is 77.3 cm³/mol. The molecule has 0 radical (unpaired) electrons. The van der Waals surface area contributed by atoms with Crippen molar-refractivity contribution in [2.45, 2.75) is 32.2 Å². The quantitative estimate of drug-likeness (QED) is 0.792. The number of carbonyl (C=O) groups excluding carboxylic acids is 1. The van der Waals surface area contributed by atoms with Crippen LogP contribution in [-0.4, -0.2) is 35.1 Å². The van der Waals surface area contributed by atoms with Gasteiger partial charge >= 0.3 is 0 Å². The van der Waals surface area contributed by atoms with Gasteiger partial charge in [-0.2, -0.15) is 0 Å². The van der Waals surface area contributed by atoms with Crippen molar-refractivity contribution in [3.63, 3.8) is 0 Å². The number of benzene rings is 1. The maximum absolute atomic E-state index is 12.6. The summed E-state index contributed by atoms with van der Waals surface area (Å²) >= 11 is 0. The average Bonchev–Trinajstić information content (AvgIpc) is 3.06. The van der Waals surface area contributed by atoms with Crippen molar-refractivity contribution in [3.8, 4) is 11.8 Å². The molecule has 20 heavy (non-hydrogen) atoms. The van der Waals surface area contributed by atoms with E-state index in [1.54, 1.807) is 0 Å². The van der Waals surface area contributed by atoms with Gasteiger partial charge in [-0.15, -0.1) is 0 Å². The Morgan fingerprint density at radius 1 is 1.40 bits per heavy atom. The molecule has 0 spiro atoms. The van der Waals surface area contributed by atoms with Crippen molar-refractivity contribution in [2.24, 2.45) is 5.92 Å². The third-order valence-corrected chi connectivity index (χ3v) is 4.31. The second kappa shape index (κ2) is 5.30. The van der Waals surface area contributed by atoms with Crippen molar-refractivity contribution in [2.75, 3.05) is 13.2 Å². The molecule has 1 aliphatic heterocycles. The van der Waals surface area contributed by atoms with E-state index in [2.05, 4.69) is 11.8 Å². The highest BCUT2D eigenvalue weighted by Gasteiger charge is 2.40. The van der Waals surface area contributed by atoms with Crippen LogP contribution in [0, 0.1) is 24.7 Å². The molecule has 2 aliphatic rings. The average molecular weight is 269 g/mol. The summed E-state index contributed by atoms with van der Waals surface area (Å²) < 4.78 is 0. The number of aliphatic hydroxyl groups excluding tert-OH is 1. The molecule has 104 valence electrons. The molecule has 3 heteroatoms. The number of likely N-dealkylation sites (tertiary alicyclic amines) is 1. The minimum absolute atomic E-state index is 0.132. The number of rotatable bonds is 1. The van der Waals surface area contributed by atoms with E-state index in [4.69, 9.17) is 5.11 Å². The minimum Gasteiger partial charge on any atom is -0.384 e. The lowest BCUT2D eigenvalue weighted by Crippen LogP contribution is -2.37. The Labute approximate surface area is 119 Å². The molecule has 1 aliphatic carbocycles. The molecule has 3 rings (SSSR count). The standard InChI is InChI=1S/C17H19NO2/c1-12-7-13(3-2-6-19)9-15(8-12)17(20)18-11-14-4-5-16(18)10-14/h7-9,14,16,19H,4-6,10-11H2,1H3. The first-order valence-corrected chi connectivity index (χ1v) is 7.20.